The van der Waals surface area contributed by atoms with Crippen LogP contribution >= 0.6 is 0 Å². The van der Waals surface area contributed by atoms with Gasteiger partial charge in [-0.25, -0.2) is 9.69 Å². The average Bonchev–Trinajstić information content (AvgIpc) is 2.92. The largest absolute Gasteiger partial charge is 0.334 e. The maximum absolute atomic E-state index is 12.8. The molecule has 154 valence electrons. The molecular weight excluding hydrogens is 374 g/mol. The number of carbonyl (C=O) groups excluding carboxylic acids is 5. The first-order chi connectivity index (χ1) is 13.8. The number of anilines is 1. The third-order valence-corrected chi connectivity index (χ3v) is 5.60. The van der Waals surface area contributed by atoms with Crippen molar-refractivity contribution in [3.63, 3.8) is 0 Å². The summed E-state index contributed by atoms with van der Waals surface area (Å²) in [5.41, 5.74) is 0.839. The monoisotopic (exact) mass is 399 g/mol. The van der Waals surface area contributed by atoms with Crippen molar-refractivity contribution in [3.8, 4) is 0 Å². The van der Waals surface area contributed by atoms with E-state index in [2.05, 4.69) is 5.32 Å². The maximum atomic E-state index is 12.8. The highest BCUT2D eigenvalue weighted by atomic mass is 16.2. The van der Waals surface area contributed by atoms with Crippen LogP contribution in [0.15, 0.2) is 24.3 Å². The Kier molecular flexibility index (Phi) is 6.10. The smallest absolute Gasteiger partial charge is 0.326 e. The molecule has 1 N–H and O–H groups in total. The van der Waals surface area contributed by atoms with Gasteiger partial charge in [-0.05, 0) is 43.0 Å². The van der Waals surface area contributed by atoms with Crippen LogP contribution in [0.4, 0.5) is 10.5 Å². The van der Waals surface area contributed by atoms with E-state index in [-0.39, 0.29) is 23.4 Å². The van der Waals surface area contributed by atoms with E-state index in [0.29, 0.717) is 18.5 Å². The zero-order valence-corrected chi connectivity index (χ0v) is 16.6. The molecule has 0 bridgehead atoms. The first-order valence-corrected chi connectivity index (χ1v) is 9.95. The van der Waals surface area contributed by atoms with Gasteiger partial charge in [-0.2, -0.15) is 0 Å². The van der Waals surface area contributed by atoms with Crippen LogP contribution in [0.3, 0.4) is 0 Å². The Morgan fingerprint density at radius 3 is 2.31 bits per heavy atom. The van der Waals surface area contributed by atoms with Crippen molar-refractivity contribution in [1.82, 2.24) is 9.80 Å². The van der Waals surface area contributed by atoms with Gasteiger partial charge in [0.25, 0.3) is 0 Å². The summed E-state index contributed by atoms with van der Waals surface area (Å²) in [7, 11) is 0. The first-order valence-electron chi connectivity index (χ1n) is 9.95. The molecule has 1 heterocycles. The summed E-state index contributed by atoms with van der Waals surface area (Å²) in [5, 5.41) is 2.68. The molecule has 1 aromatic rings. The quantitative estimate of drug-likeness (QED) is 0.450. The second kappa shape index (κ2) is 8.55. The second-order valence-electron chi connectivity index (χ2n) is 7.58. The molecule has 3 rings (SSSR count). The van der Waals surface area contributed by atoms with Crippen LogP contribution in [-0.2, 0) is 14.4 Å². The minimum atomic E-state index is -0.951. The lowest BCUT2D eigenvalue weighted by Crippen LogP contribution is -2.46. The number of hydrogen-bond donors (Lipinski definition) is 1. The van der Waals surface area contributed by atoms with E-state index < -0.39 is 30.2 Å². The Hall–Kier alpha value is -3.03. The fraction of sp³-hybridized carbons (Fsp3) is 0.476. The van der Waals surface area contributed by atoms with Gasteiger partial charge in [-0.15, -0.1) is 0 Å². The molecule has 2 atom stereocenters. The fourth-order valence-electron chi connectivity index (χ4n) is 3.86. The van der Waals surface area contributed by atoms with Crippen molar-refractivity contribution in [3.05, 3.63) is 29.8 Å². The normalized spacial score (nSPS) is 22.2. The van der Waals surface area contributed by atoms with Crippen molar-refractivity contribution in [2.24, 2.45) is 5.92 Å². The number of rotatable bonds is 6. The molecule has 0 aromatic heterocycles. The fourth-order valence-corrected chi connectivity index (χ4v) is 3.86. The number of carbonyl (C=O) groups is 5. The molecule has 5 amide bonds. The molecule has 0 radical (unpaired) electrons. The van der Waals surface area contributed by atoms with Gasteiger partial charge in [-0.3, -0.25) is 24.1 Å². The number of urea groups is 1. The minimum absolute atomic E-state index is 0.131. The van der Waals surface area contributed by atoms with E-state index in [1.54, 1.807) is 19.1 Å². The van der Waals surface area contributed by atoms with Crippen molar-refractivity contribution in [1.29, 1.82) is 0 Å². The lowest BCUT2D eigenvalue weighted by molar-refractivity contribution is -0.144. The summed E-state index contributed by atoms with van der Waals surface area (Å²) in [5.74, 6) is -2.27. The van der Waals surface area contributed by atoms with Gasteiger partial charge in [0.2, 0.25) is 5.91 Å². The summed E-state index contributed by atoms with van der Waals surface area (Å²) >= 11 is 0. The molecule has 1 aromatic carbocycles. The minimum Gasteiger partial charge on any atom is -0.326 e. The van der Waals surface area contributed by atoms with Crippen LogP contribution in [-0.4, -0.2) is 51.9 Å². The standard InChI is InChI=1S/C21H25N3O5/c1-3-18(26)22-15-10-8-14(9-11-15)17(25)12-23-19(27)20(28)24(21(23)29)16-7-5-4-6-13(16)2/h8-11,13,16H,3-7,12H2,1-2H3,(H,22,26)/t13-,16+/m1/s1. The van der Waals surface area contributed by atoms with Gasteiger partial charge < -0.3 is 5.32 Å². The van der Waals surface area contributed by atoms with Gasteiger partial charge in [0.15, 0.2) is 5.78 Å². The zero-order chi connectivity index (χ0) is 21.1. The molecular formula is C21H25N3O5. The van der Waals surface area contributed by atoms with E-state index in [4.69, 9.17) is 0 Å². The summed E-state index contributed by atoms with van der Waals surface area (Å²) < 4.78 is 0. The molecule has 29 heavy (non-hydrogen) atoms. The number of hydrogen-bond acceptors (Lipinski definition) is 5. The Bertz CT molecular complexity index is 848. The SMILES string of the molecule is CCC(=O)Nc1ccc(C(=O)CN2C(=O)C(=O)N([C@H]3CCCC[C@H]3C)C2=O)cc1. The number of ketones is 1. The van der Waals surface area contributed by atoms with Gasteiger partial charge in [-0.1, -0.05) is 26.7 Å². The van der Waals surface area contributed by atoms with Crippen molar-refractivity contribution >= 4 is 35.2 Å². The molecule has 1 aliphatic heterocycles. The Balaban J connectivity index is 1.70. The lowest BCUT2D eigenvalue weighted by atomic mass is 9.85. The maximum Gasteiger partial charge on any atom is 0.334 e. The predicted molar refractivity (Wildman–Crippen MR) is 105 cm³/mol. The number of nitrogens with one attached hydrogen (secondary N) is 1. The van der Waals surface area contributed by atoms with Crippen LogP contribution in [0.25, 0.3) is 0 Å². The van der Waals surface area contributed by atoms with Crippen molar-refractivity contribution in [2.45, 2.75) is 52.0 Å². The van der Waals surface area contributed by atoms with Crippen LogP contribution in [0, 0.1) is 5.92 Å². The molecule has 8 nitrogen and oxygen atoms in total. The van der Waals surface area contributed by atoms with E-state index in [1.165, 1.54) is 12.1 Å². The Labute approximate surface area is 169 Å². The van der Waals surface area contributed by atoms with Gasteiger partial charge in [0.1, 0.15) is 0 Å². The van der Waals surface area contributed by atoms with E-state index in [9.17, 15) is 24.0 Å². The first kappa shape index (κ1) is 20.7. The van der Waals surface area contributed by atoms with Gasteiger partial charge >= 0.3 is 17.8 Å². The van der Waals surface area contributed by atoms with Crippen LogP contribution in [0.1, 0.15) is 56.3 Å². The number of Topliss-reactive ketones (excluding diaryl/α,β-unsaturated/α-hetero) is 1. The van der Waals surface area contributed by atoms with E-state index in [1.807, 2.05) is 6.92 Å². The topological polar surface area (TPSA) is 104 Å². The zero-order valence-electron chi connectivity index (χ0n) is 16.6. The van der Waals surface area contributed by atoms with Crippen molar-refractivity contribution < 1.29 is 24.0 Å². The highest BCUT2D eigenvalue weighted by molar-refractivity contribution is 6.45. The lowest BCUT2D eigenvalue weighted by Gasteiger charge is -2.34. The summed E-state index contributed by atoms with van der Waals surface area (Å²) in [4.78, 5) is 63.3. The Morgan fingerprint density at radius 1 is 1.03 bits per heavy atom. The molecule has 2 aliphatic rings. The molecule has 2 fully saturated rings. The van der Waals surface area contributed by atoms with Gasteiger partial charge in [0, 0.05) is 23.7 Å². The number of imide groups is 2. The molecule has 1 saturated carbocycles. The highest BCUT2D eigenvalue weighted by Crippen LogP contribution is 2.31. The number of nitrogens with zero attached hydrogens (tertiary/aromatic N) is 2. The van der Waals surface area contributed by atoms with E-state index in [0.717, 1.165) is 29.1 Å². The van der Waals surface area contributed by atoms with Crippen molar-refractivity contribution in [2.75, 3.05) is 11.9 Å². The Morgan fingerprint density at radius 2 is 1.69 bits per heavy atom. The molecule has 8 heteroatoms. The number of benzene rings is 1. The summed E-state index contributed by atoms with van der Waals surface area (Å²) in [6.07, 6.45) is 3.86. The molecule has 0 unspecified atom stereocenters. The summed E-state index contributed by atoms with van der Waals surface area (Å²) in [6, 6.07) is 5.18. The third-order valence-electron chi connectivity index (χ3n) is 5.60. The number of amides is 5. The molecule has 1 saturated heterocycles. The molecule has 0 spiro atoms. The van der Waals surface area contributed by atoms with Crippen LogP contribution in [0.2, 0.25) is 0 Å². The predicted octanol–water partition coefficient (Wildman–Crippen LogP) is 2.59. The van der Waals surface area contributed by atoms with Crippen LogP contribution < -0.4 is 5.32 Å². The average molecular weight is 399 g/mol. The van der Waals surface area contributed by atoms with Gasteiger partial charge in [0.05, 0.1) is 6.54 Å². The van der Waals surface area contributed by atoms with Crippen LogP contribution in [0.5, 0.6) is 0 Å². The highest BCUT2D eigenvalue weighted by Gasteiger charge is 2.49. The molecule has 1 aliphatic carbocycles. The third kappa shape index (κ3) is 4.21. The van der Waals surface area contributed by atoms with E-state index >= 15 is 0 Å². The summed E-state index contributed by atoms with van der Waals surface area (Å²) in [6.45, 7) is 3.22. The second-order valence-corrected chi connectivity index (χ2v) is 7.58.